The van der Waals surface area contributed by atoms with Crippen LogP contribution < -0.4 is 0 Å². The number of carbonyl (C=O) groups excluding carboxylic acids is 2. The Morgan fingerprint density at radius 3 is 1.05 bits per heavy atom. The molecule has 0 fully saturated rings. The van der Waals surface area contributed by atoms with Gasteiger partial charge in [0.2, 0.25) is 10.2 Å². The summed E-state index contributed by atoms with van der Waals surface area (Å²) in [5.74, 6) is 0. The standard InChI is InChI=1S/2C7H6OS.C2H6.CH4/c2*8-7(9)6-4-2-1-3-5-6;1-2;/h2*1-5H,(H,8,9);1-2H3;1H4. The number of thiol groups is 2. The number of carbonyl (C=O) groups is 2. The van der Waals surface area contributed by atoms with Crippen molar-refractivity contribution < 1.29 is 9.59 Å². The summed E-state index contributed by atoms with van der Waals surface area (Å²) in [7, 11) is 0. The maximum atomic E-state index is 10.5. The molecule has 0 aliphatic rings. The Morgan fingerprint density at radius 2 is 0.905 bits per heavy atom. The smallest absolute Gasteiger partial charge is 0.216 e. The second kappa shape index (κ2) is 13.5. The highest BCUT2D eigenvalue weighted by Crippen LogP contribution is 2.01. The average Bonchev–Trinajstić information content (AvgIpc) is 2.51. The minimum absolute atomic E-state index is 0. The van der Waals surface area contributed by atoms with Gasteiger partial charge in [-0.05, 0) is 0 Å². The highest BCUT2D eigenvalue weighted by atomic mass is 32.1. The van der Waals surface area contributed by atoms with Gasteiger partial charge in [0.1, 0.15) is 0 Å². The number of benzene rings is 2. The minimum atomic E-state index is -0.185. The Hall–Kier alpha value is -1.52. The van der Waals surface area contributed by atoms with E-state index < -0.39 is 0 Å². The van der Waals surface area contributed by atoms with Crippen LogP contribution >= 0.6 is 25.3 Å². The molecule has 0 bridgehead atoms. The fourth-order valence-electron chi connectivity index (χ4n) is 1.16. The zero-order valence-corrected chi connectivity index (χ0v) is 13.3. The molecule has 2 rings (SSSR count). The lowest BCUT2D eigenvalue weighted by atomic mass is 10.2. The highest BCUT2D eigenvalue weighted by Gasteiger charge is 1.94. The summed E-state index contributed by atoms with van der Waals surface area (Å²) in [6.07, 6.45) is 0. The molecule has 2 aromatic rings. The lowest BCUT2D eigenvalue weighted by Gasteiger charge is -1.88. The second-order valence-corrected chi connectivity index (χ2v) is 4.15. The van der Waals surface area contributed by atoms with Crippen LogP contribution in [0.2, 0.25) is 0 Å². The van der Waals surface area contributed by atoms with Crippen molar-refractivity contribution in [3.63, 3.8) is 0 Å². The molecule has 114 valence electrons. The maximum absolute atomic E-state index is 10.5. The van der Waals surface area contributed by atoms with E-state index in [-0.39, 0.29) is 17.7 Å². The predicted octanol–water partition coefficient (Wildman–Crippen LogP) is 5.18. The molecule has 0 aromatic heterocycles. The van der Waals surface area contributed by atoms with Crippen LogP contribution in [0.4, 0.5) is 0 Å². The van der Waals surface area contributed by atoms with E-state index in [4.69, 9.17) is 0 Å². The van der Waals surface area contributed by atoms with Gasteiger partial charge in [0.25, 0.3) is 0 Å². The highest BCUT2D eigenvalue weighted by molar-refractivity contribution is 7.97. The molecule has 4 heteroatoms. The van der Waals surface area contributed by atoms with Crippen molar-refractivity contribution in [3.8, 4) is 0 Å². The third kappa shape index (κ3) is 9.93. The Morgan fingerprint density at radius 1 is 0.667 bits per heavy atom. The summed E-state index contributed by atoms with van der Waals surface area (Å²) < 4.78 is 0. The summed E-state index contributed by atoms with van der Waals surface area (Å²) in [5.41, 5.74) is 1.28. The van der Waals surface area contributed by atoms with E-state index in [9.17, 15) is 9.59 Å². The summed E-state index contributed by atoms with van der Waals surface area (Å²) in [5, 5.41) is -0.369. The minimum Gasteiger partial charge on any atom is -0.282 e. The third-order valence-electron chi connectivity index (χ3n) is 2.04. The Balaban J connectivity index is 0. The molecule has 0 atom stereocenters. The van der Waals surface area contributed by atoms with Gasteiger partial charge in [-0.25, -0.2) is 0 Å². The molecule has 21 heavy (non-hydrogen) atoms. The molecule has 0 saturated heterocycles. The SMILES string of the molecule is C.CC.O=C(S)c1ccccc1.O=C(S)c1ccccc1. The summed E-state index contributed by atoms with van der Waals surface area (Å²) in [6.45, 7) is 4.00. The van der Waals surface area contributed by atoms with Crippen LogP contribution in [-0.2, 0) is 0 Å². The molecule has 0 aliphatic heterocycles. The Labute approximate surface area is 138 Å². The van der Waals surface area contributed by atoms with Crippen molar-refractivity contribution in [2.75, 3.05) is 0 Å². The largest absolute Gasteiger partial charge is 0.282 e. The zero-order valence-electron chi connectivity index (χ0n) is 11.5. The summed E-state index contributed by atoms with van der Waals surface area (Å²) in [4.78, 5) is 21.0. The topological polar surface area (TPSA) is 34.1 Å². The fraction of sp³-hybridized carbons (Fsp3) is 0.176. The van der Waals surface area contributed by atoms with E-state index in [1.807, 2.05) is 50.2 Å². The van der Waals surface area contributed by atoms with Crippen LogP contribution in [0.15, 0.2) is 60.7 Å². The van der Waals surface area contributed by atoms with Crippen molar-refractivity contribution >= 4 is 35.5 Å². The second-order valence-electron chi connectivity index (χ2n) is 3.34. The average molecular weight is 322 g/mol. The number of hydrogen-bond donors (Lipinski definition) is 2. The van der Waals surface area contributed by atoms with Gasteiger partial charge in [0.05, 0.1) is 0 Å². The van der Waals surface area contributed by atoms with Gasteiger partial charge in [-0.15, -0.1) is 25.3 Å². The van der Waals surface area contributed by atoms with Crippen LogP contribution in [-0.4, -0.2) is 10.2 Å². The fourth-order valence-corrected chi connectivity index (χ4v) is 1.46. The first-order chi connectivity index (χ1) is 9.61. The van der Waals surface area contributed by atoms with Crippen molar-refractivity contribution in [1.29, 1.82) is 0 Å². The van der Waals surface area contributed by atoms with Crippen molar-refractivity contribution in [1.82, 2.24) is 0 Å². The summed E-state index contributed by atoms with van der Waals surface area (Å²) >= 11 is 7.30. The Bertz CT molecular complexity index is 461. The molecule has 0 radical (unpaired) electrons. The van der Waals surface area contributed by atoms with E-state index in [0.717, 1.165) is 0 Å². The quantitative estimate of drug-likeness (QED) is 0.747. The third-order valence-corrected chi connectivity index (χ3v) is 2.56. The molecule has 0 aliphatic carbocycles. The van der Waals surface area contributed by atoms with Gasteiger partial charge in [0, 0.05) is 11.1 Å². The first-order valence-electron chi connectivity index (χ1n) is 6.18. The van der Waals surface area contributed by atoms with Gasteiger partial charge >= 0.3 is 0 Å². The van der Waals surface area contributed by atoms with Gasteiger partial charge in [0.15, 0.2) is 0 Å². The monoisotopic (exact) mass is 322 g/mol. The number of hydrogen-bond acceptors (Lipinski definition) is 2. The van der Waals surface area contributed by atoms with Crippen LogP contribution in [0.25, 0.3) is 0 Å². The molecule has 2 aromatic carbocycles. The van der Waals surface area contributed by atoms with Gasteiger partial charge < -0.3 is 0 Å². The van der Waals surface area contributed by atoms with Gasteiger partial charge in [-0.1, -0.05) is 81.9 Å². The zero-order chi connectivity index (χ0) is 15.4. The maximum Gasteiger partial charge on any atom is 0.216 e. The molecule has 0 amide bonds. The van der Waals surface area contributed by atoms with Crippen molar-refractivity contribution in [2.24, 2.45) is 0 Å². The normalized spacial score (nSPS) is 8.00. The van der Waals surface area contributed by atoms with Crippen LogP contribution in [0.5, 0.6) is 0 Å². The van der Waals surface area contributed by atoms with Crippen molar-refractivity contribution in [2.45, 2.75) is 21.3 Å². The first-order valence-corrected chi connectivity index (χ1v) is 7.07. The molecule has 0 saturated carbocycles. The van der Waals surface area contributed by atoms with E-state index in [0.29, 0.717) is 11.1 Å². The van der Waals surface area contributed by atoms with Crippen LogP contribution in [0.3, 0.4) is 0 Å². The summed E-state index contributed by atoms with van der Waals surface area (Å²) in [6, 6.07) is 17.9. The molecular weight excluding hydrogens is 300 g/mol. The van der Waals surface area contributed by atoms with Crippen LogP contribution in [0.1, 0.15) is 42.0 Å². The van der Waals surface area contributed by atoms with E-state index in [1.165, 1.54) is 0 Å². The van der Waals surface area contributed by atoms with Gasteiger partial charge in [-0.2, -0.15) is 0 Å². The van der Waals surface area contributed by atoms with Crippen molar-refractivity contribution in [3.05, 3.63) is 71.8 Å². The number of rotatable bonds is 2. The van der Waals surface area contributed by atoms with Gasteiger partial charge in [-0.3, -0.25) is 9.59 Å². The van der Waals surface area contributed by atoms with E-state index in [1.54, 1.807) is 24.3 Å². The lowest BCUT2D eigenvalue weighted by Crippen LogP contribution is -1.84. The lowest BCUT2D eigenvalue weighted by molar-refractivity contribution is 0.108. The molecular formula is C17H22O2S2. The molecule has 0 unspecified atom stereocenters. The first kappa shape index (κ1) is 21.8. The predicted molar refractivity (Wildman–Crippen MR) is 97.6 cm³/mol. The molecule has 0 spiro atoms. The Kier molecular flexibility index (Phi) is 14.0. The molecule has 2 nitrogen and oxygen atoms in total. The van der Waals surface area contributed by atoms with E-state index >= 15 is 0 Å². The molecule has 0 heterocycles. The van der Waals surface area contributed by atoms with Crippen LogP contribution in [0, 0.1) is 0 Å². The van der Waals surface area contributed by atoms with E-state index in [2.05, 4.69) is 25.3 Å². The molecule has 0 N–H and O–H groups in total.